The third kappa shape index (κ3) is 4.46. The SMILES string of the molecule is CC(C)CCN1C(=O)C(CC(=O)N2CCC3(CC2)C(=O)Nc2ccccc23)SC1c1ccccc1.[HH]. The van der Waals surface area contributed by atoms with E-state index in [9.17, 15) is 14.4 Å². The van der Waals surface area contributed by atoms with Crippen molar-refractivity contribution in [3.05, 3.63) is 65.7 Å². The van der Waals surface area contributed by atoms with E-state index in [-0.39, 0.29) is 36.2 Å². The maximum absolute atomic E-state index is 13.4. The van der Waals surface area contributed by atoms with Gasteiger partial charge >= 0.3 is 0 Å². The second-order valence-corrected chi connectivity index (χ2v) is 11.6. The van der Waals surface area contributed by atoms with Crippen molar-refractivity contribution in [3.63, 3.8) is 0 Å². The Morgan fingerprint density at radius 3 is 2.49 bits per heavy atom. The summed E-state index contributed by atoms with van der Waals surface area (Å²) >= 11 is 1.60. The summed E-state index contributed by atoms with van der Waals surface area (Å²) in [7, 11) is 0. The van der Waals surface area contributed by atoms with E-state index in [4.69, 9.17) is 0 Å². The summed E-state index contributed by atoms with van der Waals surface area (Å²) in [6.45, 7) is 6.10. The van der Waals surface area contributed by atoms with Crippen molar-refractivity contribution in [3.8, 4) is 0 Å². The number of carbonyl (C=O) groups is 3. The maximum Gasteiger partial charge on any atom is 0.237 e. The van der Waals surface area contributed by atoms with Crippen molar-refractivity contribution in [2.24, 2.45) is 5.92 Å². The van der Waals surface area contributed by atoms with Gasteiger partial charge in [0.2, 0.25) is 17.7 Å². The number of nitrogens with one attached hydrogen (secondary N) is 1. The van der Waals surface area contributed by atoms with Crippen LogP contribution < -0.4 is 5.32 Å². The smallest absolute Gasteiger partial charge is 0.237 e. The van der Waals surface area contributed by atoms with Crippen LogP contribution in [0.4, 0.5) is 5.69 Å². The average Bonchev–Trinajstić information content (AvgIpc) is 3.32. The van der Waals surface area contributed by atoms with Crippen LogP contribution in [0.3, 0.4) is 0 Å². The fraction of sp³-hybridized carbons (Fsp3) is 0.464. The van der Waals surface area contributed by atoms with E-state index < -0.39 is 5.41 Å². The van der Waals surface area contributed by atoms with Gasteiger partial charge in [-0.15, -0.1) is 11.8 Å². The molecule has 1 spiro atoms. The highest BCUT2D eigenvalue weighted by Crippen LogP contribution is 2.46. The Labute approximate surface area is 212 Å². The Kier molecular flexibility index (Phi) is 6.62. The van der Waals surface area contributed by atoms with Crippen LogP contribution in [0.15, 0.2) is 54.6 Å². The van der Waals surface area contributed by atoms with Crippen LogP contribution in [-0.2, 0) is 19.8 Å². The lowest BCUT2D eigenvalue weighted by Crippen LogP contribution is -2.49. The molecule has 2 atom stereocenters. The molecule has 6 nitrogen and oxygen atoms in total. The van der Waals surface area contributed by atoms with E-state index in [1.807, 2.05) is 52.3 Å². The fourth-order valence-corrected chi connectivity index (χ4v) is 6.99. The topological polar surface area (TPSA) is 69.7 Å². The molecular weight excluding hydrogens is 458 g/mol. The first kappa shape index (κ1) is 23.9. The van der Waals surface area contributed by atoms with Crippen LogP contribution in [0.5, 0.6) is 0 Å². The highest BCUT2D eigenvalue weighted by molar-refractivity contribution is 8.01. The number of thioether (sulfide) groups is 1. The molecule has 0 saturated carbocycles. The molecule has 3 aliphatic rings. The molecular formula is C28H35N3O3S. The van der Waals surface area contributed by atoms with E-state index in [0.717, 1.165) is 23.2 Å². The van der Waals surface area contributed by atoms with Gasteiger partial charge in [0, 0.05) is 33.2 Å². The second kappa shape index (κ2) is 9.69. The van der Waals surface area contributed by atoms with Gasteiger partial charge in [0.1, 0.15) is 5.37 Å². The zero-order valence-corrected chi connectivity index (χ0v) is 21.2. The summed E-state index contributed by atoms with van der Waals surface area (Å²) in [6.07, 6.45) is 2.37. The summed E-state index contributed by atoms with van der Waals surface area (Å²) in [5.41, 5.74) is 2.50. The molecule has 2 aromatic rings. The molecule has 1 N–H and O–H groups in total. The number of rotatable bonds is 6. The molecule has 2 unspecified atom stereocenters. The molecule has 3 heterocycles. The Morgan fingerprint density at radius 2 is 1.77 bits per heavy atom. The highest BCUT2D eigenvalue weighted by atomic mass is 32.2. The molecule has 35 heavy (non-hydrogen) atoms. The van der Waals surface area contributed by atoms with Gasteiger partial charge < -0.3 is 15.1 Å². The van der Waals surface area contributed by atoms with Gasteiger partial charge in [-0.1, -0.05) is 62.4 Å². The van der Waals surface area contributed by atoms with Crippen LogP contribution in [0.2, 0.25) is 0 Å². The van der Waals surface area contributed by atoms with Gasteiger partial charge in [0.25, 0.3) is 0 Å². The van der Waals surface area contributed by atoms with Crippen molar-refractivity contribution in [2.45, 2.75) is 55.6 Å². The Morgan fingerprint density at radius 1 is 1.09 bits per heavy atom. The minimum Gasteiger partial charge on any atom is -0.343 e. The van der Waals surface area contributed by atoms with Crippen molar-refractivity contribution in [2.75, 3.05) is 25.0 Å². The van der Waals surface area contributed by atoms with Crippen molar-refractivity contribution in [1.29, 1.82) is 0 Å². The van der Waals surface area contributed by atoms with Gasteiger partial charge in [-0.25, -0.2) is 0 Å². The number of piperidine rings is 1. The number of para-hydroxylation sites is 1. The minimum atomic E-state index is -0.544. The number of nitrogens with zero attached hydrogens (tertiary/aromatic N) is 2. The van der Waals surface area contributed by atoms with Crippen molar-refractivity contribution < 1.29 is 15.8 Å². The standard InChI is InChI=1S/C28H33N3O3S.H2/c1-19(2)12-15-31-25(33)23(35-26(31)20-8-4-3-5-9-20)18-24(32)30-16-13-28(14-17-30)21-10-6-7-11-22(21)29-27(28)34;/h3-11,19,23,26H,12-18H2,1-2H3,(H,29,34);1H. The summed E-state index contributed by atoms with van der Waals surface area (Å²) in [5.74, 6) is 0.618. The van der Waals surface area contributed by atoms with Crippen LogP contribution in [0, 0.1) is 5.92 Å². The fourth-order valence-electron chi connectivity index (χ4n) is 5.52. The van der Waals surface area contributed by atoms with Crippen molar-refractivity contribution in [1.82, 2.24) is 9.80 Å². The zero-order chi connectivity index (χ0) is 24.6. The first-order valence-electron chi connectivity index (χ1n) is 12.6. The van der Waals surface area contributed by atoms with Crippen LogP contribution in [-0.4, -0.2) is 52.4 Å². The van der Waals surface area contributed by atoms with Gasteiger partial charge in [-0.05, 0) is 42.4 Å². The number of amides is 3. The number of hydrogen-bond donors (Lipinski definition) is 1. The molecule has 0 radical (unpaired) electrons. The molecule has 186 valence electrons. The Hall–Kier alpha value is -2.80. The largest absolute Gasteiger partial charge is 0.343 e. The Bertz CT molecular complexity index is 1120. The molecule has 3 amide bonds. The van der Waals surface area contributed by atoms with Crippen LogP contribution in [0.25, 0.3) is 0 Å². The monoisotopic (exact) mass is 493 g/mol. The van der Waals surface area contributed by atoms with Crippen LogP contribution in [0.1, 0.15) is 57.5 Å². The number of anilines is 1. The molecule has 2 aromatic carbocycles. The molecule has 0 aliphatic carbocycles. The van der Waals surface area contributed by atoms with Gasteiger partial charge in [-0.2, -0.15) is 0 Å². The quantitative estimate of drug-likeness (QED) is 0.626. The lowest BCUT2D eigenvalue weighted by Gasteiger charge is -2.38. The summed E-state index contributed by atoms with van der Waals surface area (Å²) in [5, 5.41) is 2.59. The van der Waals surface area contributed by atoms with E-state index in [2.05, 4.69) is 31.3 Å². The molecule has 2 saturated heterocycles. The van der Waals surface area contributed by atoms with Gasteiger partial charge in [0.15, 0.2) is 0 Å². The number of carbonyl (C=O) groups excluding carboxylic acids is 3. The molecule has 2 fully saturated rings. The number of likely N-dealkylation sites (tertiary alicyclic amines) is 1. The molecule has 3 aliphatic heterocycles. The highest BCUT2D eigenvalue weighted by Gasteiger charge is 2.49. The predicted octanol–water partition coefficient (Wildman–Crippen LogP) is 4.82. The first-order chi connectivity index (χ1) is 16.9. The summed E-state index contributed by atoms with van der Waals surface area (Å²) in [6, 6.07) is 18.0. The van der Waals surface area contributed by atoms with E-state index in [1.165, 1.54) is 0 Å². The number of benzene rings is 2. The molecule has 0 bridgehead atoms. The first-order valence-corrected chi connectivity index (χ1v) is 13.5. The van der Waals surface area contributed by atoms with Gasteiger partial charge in [0.05, 0.1) is 10.7 Å². The third-order valence-corrected chi connectivity index (χ3v) is 9.10. The lowest BCUT2D eigenvalue weighted by atomic mass is 9.73. The van der Waals surface area contributed by atoms with Gasteiger partial charge in [-0.3, -0.25) is 14.4 Å². The summed E-state index contributed by atoms with van der Waals surface area (Å²) < 4.78 is 0. The normalized spacial score (nSPS) is 23.2. The van der Waals surface area contributed by atoms with E-state index in [1.54, 1.807) is 11.8 Å². The van der Waals surface area contributed by atoms with E-state index >= 15 is 0 Å². The molecule has 0 aromatic heterocycles. The molecule has 5 rings (SSSR count). The second-order valence-electron chi connectivity index (χ2n) is 10.3. The van der Waals surface area contributed by atoms with Crippen molar-refractivity contribution >= 4 is 35.2 Å². The van der Waals surface area contributed by atoms with E-state index in [0.29, 0.717) is 38.4 Å². The Balaban J connectivity index is 0.00000304. The zero-order valence-electron chi connectivity index (χ0n) is 20.4. The summed E-state index contributed by atoms with van der Waals surface area (Å²) in [4.78, 5) is 43.3. The predicted molar refractivity (Wildman–Crippen MR) is 141 cm³/mol. The lowest BCUT2D eigenvalue weighted by molar-refractivity contribution is -0.138. The third-order valence-electron chi connectivity index (χ3n) is 7.62. The van der Waals surface area contributed by atoms with Crippen LogP contribution >= 0.6 is 11.8 Å². The number of fused-ring (bicyclic) bond motifs is 2. The number of hydrogen-bond acceptors (Lipinski definition) is 4. The minimum absolute atomic E-state index is 0. The molecule has 7 heteroatoms. The average molecular weight is 494 g/mol. The maximum atomic E-state index is 13.4.